The SMILES string of the molecule is CCOC(=O)c1cnc[nH]c1=S. The smallest absolute Gasteiger partial charge is 0.342 e. The zero-order valence-electron chi connectivity index (χ0n) is 6.53. The van der Waals surface area contributed by atoms with Gasteiger partial charge in [-0.15, -0.1) is 0 Å². The fourth-order valence-corrected chi connectivity index (χ4v) is 0.887. The molecule has 4 nitrogen and oxygen atoms in total. The summed E-state index contributed by atoms with van der Waals surface area (Å²) in [6.07, 6.45) is 2.81. The minimum absolute atomic E-state index is 0.300. The highest BCUT2D eigenvalue weighted by Gasteiger charge is 2.07. The normalized spacial score (nSPS) is 9.42. The molecule has 0 fully saturated rings. The molecule has 0 aliphatic carbocycles. The van der Waals surface area contributed by atoms with E-state index in [4.69, 9.17) is 17.0 Å². The molecule has 64 valence electrons. The third-order valence-electron chi connectivity index (χ3n) is 1.21. The second-order valence-electron chi connectivity index (χ2n) is 2.01. The molecule has 0 saturated heterocycles. The number of hydrogen-bond acceptors (Lipinski definition) is 4. The maximum atomic E-state index is 11.1. The van der Waals surface area contributed by atoms with Gasteiger partial charge < -0.3 is 9.72 Å². The lowest BCUT2D eigenvalue weighted by Gasteiger charge is -1.99. The molecule has 1 heterocycles. The molecule has 0 amide bonds. The van der Waals surface area contributed by atoms with E-state index < -0.39 is 5.97 Å². The number of aromatic amines is 1. The summed E-state index contributed by atoms with van der Waals surface area (Å²) in [5, 5.41) is 0. The lowest BCUT2D eigenvalue weighted by Crippen LogP contribution is -2.06. The second-order valence-corrected chi connectivity index (χ2v) is 2.42. The van der Waals surface area contributed by atoms with Crippen LogP contribution in [-0.4, -0.2) is 22.5 Å². The predicted molar refractivity (Wildman–Crippen MR) is 45.4 cm³/mol. The van der Waals surface area contributed by atoms with Crippen LogP contribution >= 0.6 is 12.2 Å². The fraction of sp³-hybridized carbons (Fsp3) is 0.286. The molecule has 0 saturated carbocycles. The van der Waals surface area contributed by atoms with Gasteiger partial charge in [0.25, 0.3) is 0 Å². The Balaban J connectivity index is 2.95. The summed E-state index contributed by atoms with van der Waals surface area (Å²) in [5.74, 6) is -0.438. The van der Waals surface area contributed by atoms with Crippen molar-refractivity contribution in [2.24, 2.45) is 0 Å². The molecule has 5 heteroatoms. The Morgan fingerprint density at radius 2 is 2.58 bits per heavy atom. The van der Waals surface area contributed by atoms with Crippen LogP contribution in [0.2, 0.25) is 0 Å². The van der Waals surface area contributed by atoms with Crippen molar-refractivity contribution in [2.75, 3.05) is 6.61 Å². The Morgan fingerprint density at radius 1 is 1.83 bits per heavy atom. The van der Waals surface area contributed by atoms with Gasteiger partial charge in [-0.2, -0.15) is 0 Å². The molecule has 12 heavy (non-hydrogen) atoms. The molecule has 0 aliphatic heterocycles. The number of nitrogens with one attached hydrogen (secondary N) is 1. The molecule has 0 unspecified atom stereocenters. The molecular formula is C7H8N2O2S. The van der Waals surface area contributed by atoms with Crippen molar-refractivity contribution in [1.29, 1.82) is 0 Å². The number of H-pyrrole nitrogens is 1. The molecule has 0 bridgehead atoms. The van der Waals surface area contributed by atoms with Gasteiger partial charge in [-0.25, -0.2) is 9.78 Å². The highest BCUT2D eigenvalue weighted by Crippen LogP contribution is 1.99. The zero-order chi connectivity index (χ0) is 8.97. The lowest BCUT2D eigenvalue weighted by molar-refractivity contribution is 0.0524. The van der Waals surface area contributed by atoms with Crippen LogP contribution in [0, 0.1) is 4.64 Å². The quantitative estimate of drug-likeness (QED) is 0.556. The van der Waals surface area contributed by atoms with Crippen LogP contribution in [0.4, 0.5) is 0 Å². The van der Waals surface area contributed by atoms with E-state index in [-0.39, 0.29) is 0 Å². The van der Waals surface area contributed by atoms with Crippen molar-refractivity contribution in [3.05, 3.63) is 22.7 Å². The number of hydrogen-bond donors (Lipinski definition) is 1. The van der Waals surface area contributed by atoms with Crippen molar-refractivity contribution < 1.29 is 9.53 Å². The van der Waals surface area contributed by atoms with Gasteiger partial charge >= 0.3 is 5.97 Å². The summed E-state index contributed by atoms with van der Waals surface area (Å²) in [5.41, 5.74) is 0.300. The molecule has 0 atom stereocenters. The van der Waals surface area contributed by atoms with Gasteiger partial charge in [-0.05, 0) is 6.92 Å². The van der Waals surface area contributed by atoms with E-state index in [0.29, 0.717) is 16.8 Å². The Kier molecular flexibility index (Phi) is 2.93. The Hall–Kier alpha value is -1.23. The largest absolute Gasteiger partial charge is 0.462 e. The molecule has 1 N–H and O–H groups in total. The first-order chi connectivity index (χ1) is 5.75. The second kappa shape index (κ2) is 3.96. The third kappa shape index (κ3) is 1.88. The molecule has 1 aromatic rings. The third-order valence-corrected chi connectivity index (χ3v) is 1.55. The molecule has 0 aromatic carbocycles. The van der Waals surface area contributed by atoms with Crippen molar-refractivity contribution in [3.8, 4) is 0 Å². The maximum Gasteiger partial charge on any atom is 0.342 e. The standard InChI is InChI=1S/C7H8N2O2S/c1-2-11-7(10)5-3-8-4-9-6(5)12/h3-4H,2H2,1H3,(H,8,9,12). The van der Waals surface area contributed by atoms with Gasteiger partial charge in [-0.1, -0.05) is 12.2 Å². The molecule has 1 aromatic heterocycles. The minimum Gasteiger partial charge on any atom is -0.462 e. The van der Waals surface area contributed by atoms with Crippen LogP contribution < -0.4 is 0 Å². The Labute approximate surface area is 74.6 Å². The van der Waals surface area contributed by atoms with E-state index in [1.807, 2.05) is 0 Å². The number of aromatic nitrogens is 2. The molecule has 0 aliphatic rings. The first-order valence-electron chi connectivity index (χ1n) is 3.45. The highest BCUT2D eigenvalue weighted by atomic mass is 32.1. The topological polar surface area (TPSA) is 55.0 Å². The molecule has 0 spiro atoms. The first-order valence-corrected chi connectivity index (χ1v) is 3.86. The molecule has 0 radical (unpaired) electrons. The van der Waals surface area contributed by atoms with Gasteiger partial charge in [0.15, 0.2) is 0 Å². The Bertz CT molecular complexity index is 334. The van der Waals surface area contributed by atoms with Crippen LogP contribution in [0.1, 0.15) is 17.3 Å². The number of rotatable bonds is 2. The summed E-state index contributed by atoms with van der Waals surface area (Å²) in [6, 6.07) is 0. The number of carbonyl (C=O) groups excluding carboxylic acids is 1. The fourth-order valence-electron chi connectivity index (χ4n) is 0.698. The minimum atomic E-state index is -0.438. The first kappa shape index (κ1) is 8.86. The summed E-state index contributed by atoms with van der Waals surface area (Å²) in [4.78, 5) is 17.5. The number of esters is 1. The van der Waals surface area contributed by atoms with Crippen molar-refractivity contribution >= 4 is 18.2 Å². The molecule has 1 rings (SSSR count). The van der Waals surface area contributed by atoms with Crippen molar-refractivity contribution in [2.45, 2.75) is 6.92 Å². The average molecular weight is 184 g/mol. The van der Waals surface area contributed by atoms with Crippen LogP contribution in [-0.2, 0) is 4.74 Å². The average Bonchev–Trinajstić information content (AvgIpc) is 2.05. The summed E-state index contributed by atoms with van der Waals surface area (Å²) < 4.78 is 5.09. The summed E-state index contributed by atoms with van der Waals surface area (Å²) >= 11 is 4.85. The van der Waals surface area contributed by atoms with Crippen LogP contribution in [0.5, 0.6) is 0 Å². The van der Waals surface area contributed by atoms with Crippen molar-refractivity contribution in [1.82, 2.24) is 9.97 Å². The van der Waals surface area contributed by atoms with Crippen LogP contribution in [0.25, 0.3) is 0 Å². The van der Waals surface area contributed by atoms with Crippen molar-refractivity contribution in [3.63, 3.8) is 0 Å². The Morgan fingerprint density at radius 3 is 3.17 bits per heavy atom. The van der Waals surface area contributed by atoms with Gasteiger partial charge in [0.05, 0.1) is 12.9 Å². The van der Waals surface area contributed by atoms with Gasteiger partial charge in [0.2, 0.25) is 0 Å². The summed E-state index contributed by atoms with van der Waals surface area (Å²) in [7, 11) is 0. The monoisotopic (exact) mass is 184 g/mol. The van der Waals surface area contributed by atoms with E-state index in [0.717, 1.165) is 0 Å². The zero-order valence-corrected chi connectivity index (χ0v) is 7.35. The van der Waals surface area contributed by atoms with Gasteiger partial charge in [-0.3, -0.25) is 0 Å². The van der Waals surface area contributed by atoms with E-state index in [2.05, 4.69) is 9.97 Å². The lowest BCUT2D eigenvalue weighted by atomic mass is 10.3. The van der Waals surface area contributed by atoms with E-state index in [9.17, 15) is 4.79 Å². The van der Waals surface area contributed by atoms with Crippen LogP contribution in [0.15, 0.2) is 12.5 Å². The van der Waals surface area contributed by atoms with E-state index >= 15 is 0 Å². The number of carbonyl (C=O) groups is 1. The number of ether oxygens (including phenoxy) is 1. The van der Waals surface area contributed by atoms with Gasteiger partial charge in [0, 0.05) is 6.20 Å². The van der Waals surface area contributed by atoms with E-state index in [1.54, 1.807) is 6.92 Å². The summed E-state index contributed by atoms with van der Waals surface area (Å²) in [6.45, 7) is 2.07. The predicted octanol–water partition coefficient (Wildman–Crippen LogP) is 1.32. The number of nitrogens with zero attached hydrogens (tertiary/aromatic N) is 1. The van der Waals surface area contributed by atoms with Crippen LogP contribution in [0.3, 0.4) is 0 Å². The molecular weight excluding hydrogens is 176 g/mol. The highest BCUT2D eigenvalue weighted by molar-refractivity contribution is 7.71. The van der Waals surface area contributed by atoms with Gasteiger partial charge in [0.1, 0.15) is 10.2 Å². The van der Waals surface area contributed by atoms with E-state index in [1.165, 1.54) is 12.5 Å². The maximum absolute atomic E-state index is 11.1.